The van der Waals surface area contributed by atoms with Crippen LogP contribution >= 0.6 is 34.3 Å². The summed E-state index contributed by atoms with van der Waals surface area (Å²) < 4.78 is 0.674. The third-order valence-corrected chi connectivity index (χ3v) is 3.57. The van der Waals surface area contributed by atoms with Gasteiger partial charge in [-0.2, -0.15) is 0 Å². The number of carbonyl (C=O) groups is 1. The highest BCUT2D eigenvalue weighted by Crippen LogP contribution is 2.30. The molecule has 0 saturated carbocycles. The molecule has 0 aliphatic carbocycles. The number of rotatable bonds is 3. The minimum absolute atomic E-state index is 0.208. The fraction of sp³-hybridized carbons (Fsp3) is 0. The van der Waals surface area contributed by atoms with Crippen molar-refractivity contribution in [3.8, 4) is 0 Å². The third kappa shape index (κ3) is 2.47. The molecular formula is C8H5ClN2O2S2. The molecule has 0 spiro atoms. The number of hydrogen-bond donors (Lipinski definition) is 2. The average molecular weight is 261 g/mol. The monoisotopic (exact) mass is 260 g/mol. The maximum Gasteiger partial charge on any atom is 0.347 e. The van der Waals surface area contributed by atoms with Gasteiger partial charge >= 0.3 is 5.97 Å². The molecule has 0 radical (unpaired) electrons. The number of anilines is 2. The molecule has 0 atom stereocenters. The van der Waals surface area contributed by atoms with Gasteiger partial charge in [0, 0.05) is 0 Å². The van der Waals surface area contributed by atoms with Gasteiger partial charge in [0.15, 0.2) is 5.13 Å². The fourth-order valence-electron chi connectivity index (χ4n) is 0.918. The molecule has 2 aromatic rings. The number of aromatic carboxylic acids is 1. The lowest BCUT2D eigenvalue weighted by Crippen LogP contribution is -1.89. The lowest BCUT2D eigenvalue weighted by Gasteiger charge is -1.95. The summed E-state index contributed by atoms with van der Waals surface area (Å²) in [6.07, 6.45) is 1.32. The SMILES string of the molecule is O=C(O)c1cnc(Nc2ccc(Cl)s2)s1. The van der Waals surface area contributed by atoms with Crippen molar-refractivity contribution in [3.63, 3.8) is 0 Å². The van der Waals surface area contributed by atoms with Crippen LogP contribution in [-0.4, -0.2) is 16.1 Å². The van der Waals surface area contributed by atoms with E-state index in [0.29, 0.717) is 9.47 Å². The molecule has 78 valence electrons. The molecule has 15 heavy (non-hydrogen) atoms. The summed E-state index contributed by atoms with van der Waals surface area (Å²) >= 11 is 8.21. The normalized spacial score (nSPS) is 10.2. The molecule has 0 aliphatic heterocycles. The predicted molar refractivity (Wildman–Crippen MR) is 61.7 cm³/mol. The Bertz CT molecular complexity index is 494. The van der Waals surface area contributed by atoms with E-state index in [1.807, 2.05) is 6.07 Å². The molecule has 0 bridgehead atoms. The maximum absolute atomic E-state index is 10.6. The second-order valence-electron chi connectivity index (χ2n) is 2.56. The highest BCUT2D eigenvalue weighted by molar-refractivity contribution is 7.21. The molecule has 4 nitrogen and oxygen atoms in total. The zero-order valence-corrected chi connectivity index (χ0v) is 9.62. The number of nitrogens with one attached hydrogen (secondary N) is 1. The van der Waals surface area contributed by atoms with Crippen LogP contribution in [-0.2, 0) is 0 Å². The summed E-state index contributed by atoms with van der Waals surface area (Å²) in [6.45, 7) is 0. The smallest absolute Gasteiger partial charge is 0.347 e. The quantitative estimate of drug-likeness (QED) is 0.889. The van der Waals surface area contributed by atoms with Crippen molar-refractivity contribution in [1.82, 2.24) is 4.98 Å². The van der Waals surface area contributed by atoms with Gasteiger partial charge in [-0.25, -0.2) is 9.78 Å². The van der Waals surface area contributed by atoms with Gasteiger partial charge in [0.1, 0.15) is 4.88 Å². The van der Waals surface area contributed by atoms with E-state index in [1.165, 1.54) is 17.5 Å². The number of aromatic nitrogens is 1. The number of carboxylic acid groups (broad SMARTS) is 1. The van der Waals surface area contributed by atoms with Crippen molar-refractivity contribution in [3.05, 3.63) is 27.5 Å². The van der Waals surface area contributed by atoms with Crippen molar-refractivity contribution < 1.29 is 9.90 Å². The minimum atomic E-state index is -0.968. The van der Waals surface area contributed by atoms with E-state index >= 15 is 0 Å². The predicted octanol–water partition coefficient (Wildman–Crippen LogP) is 3.30. The van der Waals surface area contributed by atoms with Crippen LogP contribution in [0.25, 0.3) is 0 Å². The molecule has 2 heterocycles. The Morgan fingerprint density at radius 3 is 2.80 bits per heavy atom. The van der Waals surface area contributed by atoms with Crippen LogP contribution in [0, 0.1) is 0 Å². The molecule has 0 unspecified atom stereocenters. The number of halogens is 1. The molecule has 0 aromatic carbocycles. The van der Waals surface area contributed by atoms with Gasteiger partial charge in [-0.05, 0) is 12.1 Å². The minimum Gasteiger partial charge on any atom is -0.477 e. The second-order valence-corrected chi connectivity index (χ2v) is 5.31. The summed E-state index contributed by atoms with van der Waals surface area (Å²) in [7, 11) is 0. The first-order valence-corrected chi connectivity index (χ1v) is 5.88. The number of nitrogens with zero attached hydrogens (tertiary/aromatic N) is 1. The molecule has 2 aromatic heterocycles. The van der Waals surface area contributed by atoms with Gasteiger partial charge in [0.25, 0.3) is 0 Å². The van der Waals surface area contributed by atoms with Crippen molar-refractivity contribution in [2.45, 2.75) is 0 Å². The van der Waals surface area contributed by atoms with Crippen molar-refractivity contribution >= 4 is 50.4 Å². The highest BCUT2D eigenvalue weighted by Gasteiger charge is 2.08. The number of thiazole rings is 1. The summed E-state index contributed by atoms with van der Waals surface area (Å²) in [5, 5.41) is 13.1. The third-order valence-electron chi connectivity index (χ3n) is 1.52. The zero-order chi connectivity index (χ0) is 10.8. The summed E-state index contributed by atoms with van der Waals surface area (Å²) in [5.74, 6) is -0.968. The number of hydrogen-bond acceptors (Lipinski definition) is 5. The lowest BCUT2D eigenvalue weighted by molar-refractivity contribution is 0.0702. The van der Waals surface area contributed by atoms with Crippen molar-refractivity contribution in [2.24, 2.45) is 0 Å². The van der Waals surface area contributed by atoms with Crippen molar-refractivity contribution in [2.75, 3.05) is 5.32 Å². The Kier molecular flexibility index (Phi) is 2.90. The Balaban J connectivity index is 2.14. The molecule has 0 amide bonds. The number of thiophene rings is 1. The molecular weight excluding hydrogens is 256 g/mol. The van der Waals surface area contributed by atoms with Crippen LogP contribution in [0.3, 0.4) is 0 Å². The first kappa shape index (κ1) is 10.4. The fourth-order valence-corrected chi connectivity index (χ4v) is 2.59. The van der Waals surface area contributed by atoms with E-state index in [1.54, 1.807) is 6.07 Å². The average Bonchev–Trinajstić information content (AvgIpc) is 2.76. The van der Waals surface area contributed by atoms with Gasteiger partial charge in [-0.1, -0.05) is 22.9 Å². The summed E-state index contributed by atoms with van der Waals surface area (Å²) in [6, 6.07) is 3.58. The van der Waals surface area contributed by atoms with Crippen LogP contribution in [0.4, 0.5) is 10.1 Å². The molecule has 7 heteroatoms. The van der Waals surface area contributed by atoms with Gasteiger partial charge in [0.05, 0.1) is 15.5 Å². The maximum atomic E-state index is 10.6. The van der Waals surface area contributed by atoms with Gasteiger partial charge < -0.3 is 10.4 Å². The second kappa shape index (κ2) is 4.18. The molecule has 2 rings (SSSR count). The van der Waals surface area contributed by atoms with E-state index in [9.17, 15) is 4.79 Å². The van der Waals surface area contributed by atoms with Crippen LogP contribution in [0.5, 0.6) is 0 Å². The zero-order valence-electron chi connectivity index (χ0n) is 7.23. The molecule has 2 N–H and O–H groups in total. The summed E-state index contributed by atoms with van der Waals surface area (Å²) in [5.41, 5.74) is 0. The van der Waals surface area contributed by atoms with Crippen LogP contribution in [0.15, 0.2) is 18.3 Å². The van der Waals surface area contributed by atoms with Crippen molar-refractivity contribution in [1.29, 1.82) is 0 Å². The van der Waals surface area contributed by atoms with Crippen LogP contribution in [0.2, 0.25) is 4.34 Å². The number of carboxylic acids is 1. The van der Waals surface area contributed by atoms with Gasteiger partial charge in [-0.3, -0.25) is 0 Å². The molecule has 0 aliphatic rings. The van der Waals surface area contributed by atoms with E-state index in [0.717, 1.165) is 16.3 Å². The van der Waals surface area contributed by atoms with Crippen LogP contribution in [0.1, 0.15) is 9.67 Å². The highest BCUT2D eigenvalue weighted by atomic mass is 35.5. The van der Waals surface area contributed by atoms with E-state index in [-0.39, 0.29) is 4.88 Å². The van der Waals surface area contributed by atoms with Crippen LogP contribution < -0.4 is 5.32 Å². The Hall–Kier alpha value is -1.11. The van der Waals surface area contributed by atoms with Gasteiger partial charge in [0.2, 0.25) is 0 Å². The largest absolute Gasteiger partial charge is 0.477 e. The Morgan fingerprint density at radius 1 is 1.47 bits per heavy atom. The Morgan fingerprint density at radius 2 is 2.27 bits per heavy atom. The van der Waals surface area contributed by atoms with E-state index in [2.05, 4.69) is 10.3 Å². The van der Waals surface area contributed by atoms with E-state index in [4.69, 9.17) is 16.7 Å². The molecule has 0 saturated heterocycles. The standard InChI is InChI=1S/C8H5ClN2O2S2/c9-5-1-2-6(15-5)11-8-10-3-4(14-8)7(12)13/h1-3H,(H,10,11)(H,12,13). The molecule has 0 fully saturated rings. The Labute approximate surface area is 98.2 Å². The summed E-state index contributed by atoms with van der Waals surface area (Å²) in [4.78, 5) is 14.7. The van der Waals surface area contributed by atoms with Gasteiger partial charge in [-0.15, -0.1) is 11.3 Å². The first-order chi connectivity index (χ1) is 7.15. The van der Waals surface area contributed by atoms with E-state index < -0.39 is 5.97 Å². The first-order valence-electron chi connectivity index (χ1n) is 3.86. The lowest BCUT2D eigenvalue weighted by atomic mass is 10.6. The topological polar surface area (TPSA) is 62.2 Å².